The summed E-state index contributed by atoms with van der Waals surface area (Å²) in [5.74, 6) is -3.83. The minimum Gasteiger partial charge on any atom is -0.480 e. The highest BCUT2D eigenvalue weighted by Gasteiger charge is 2.25. The Kier molecular flexibility index (Phi) is 3.59. The molecule has 0 saturated carbocycles. The van der Waals surface area contributed by atoms with E-state index in [1.165, 1.54) is 0 Å². The second kappa shape index (κ2) is 4.92. The van der Waals surface area contributed by atoms with Crippen LogP contribution in [0.4, 0.5) is 5.82 Å². The number of amides is 1. The number of aromatic nitrogens is 3. The van der Waals surface area contributed by atoms with Crippen molar-refractivity contribution in [3.63, 3.8) is 0 Å². The number of H-pyrrole nitrogens is 1. The first-order chi connectivity index (χ1) is 7.91. The van der Waals surface area contributed by atoms with E-state index in [1.807, 2.05) is 0 Å². The number of nitrogens with zero attached hydrogens (tertiary/aromatic N) is 3. The van der Waals surface area contributed by atoms with Crippen LogP contribution in [-0.2, 0) is 9.59 Å². The topological polar surface area (TPSA) is 162 Å². The quantitative estimate of drug-likeness (QED) is 0.461. The number of hydrogen-bond acceptors (Lipinski definition) is 6. The van der Waals surface area contributed by atoms with E-state index in [4.69, 9.17) is 15.9 Å². The Morgan fingerprint density at radius 3 is 2.06 bits per heavy atom. The largest absolute Gasteiger partial charge is 0.480 e. The Bertz CT molecular complexity index is 439. The molecule has 0 radical (unpaired) electrons. The molecule has 0 aliphatic carbocycles. The van der Waals surface area contributed by atoms with Crippen molar-refractivity contribution in [1.82, 2.24) is 20.3 Å². The monoisotopic (exact) mass is 243 g/mol. The Labute approximate surface area is 94.0 Å². The van der Waals surface area contributed by atoms with Crippen molar-refractivity contribution in [2.24, 2.45) is 0 Å². The molecule has 0 aliphatic heterocycles. The van der Waals surface area contributed by atoms with Crippen LogP contribution in [0.15, 0.2) is 0 Å². The first-order valence-electron chi connectivity index (χ1n) is 4.31. The molecule has 1 rings (SSSR count). The molecular weight excluding hydrogens is 234 g/mol. The summed E-state index contributed by atoms with van der Waals surface area (Å²) in [5, 5.41) is 26.0. The van der Waals surface area contributed by atoms with Gasteiger partial charge in [-0.25, -0.2) is 0 Å². The van der Waals surface area contributed by atoms with Crippen LogP contribution in [0.25, 0.3) is 0 Å². The highest BCUT2D eigenvalue weighted by molar-refractivity contribution is 5.98. The van der Waals surface area contributed by atoms with E-state index in [2.05, 4.69) is 15.4 Å². The number of aliphatic carboxylic acids is 2. The molecule has 0 fully saturated rings. The fourth-order valence-corrected chi connectivity index (χ4v) is 1.07. The summed E-state index contributed by atoms with van der Waals surface area (Å²) in [6.07, 6.45) is 0. The fourth-order valence-electron chi connectivity index (χ4n) is 1.07. The number of rotatable bonds is 5. The SMILES string of the molecule is Nc1n[nH]nc1C(=O)N(CC(=O)O)CC(=O)O. The van der Waals surface area contributed by atoms with Crippen LogP contribution < -0.4 is 5.73 Å². The van der Waals surface area contributed by atoms with Gasteiger partial charge in [-0.2, -0.15) is 5.21 Å². The van der Waals surface area contributed by atoms with Crippen molar-refractivity contribution in [3.8, 4) is 0 Å². The first kappa shape index (κ1) is 12.4. The zero-order chi connectivity index (χ0) is 13.0. The molecule has 0 aliphatic rings. The molecule has 92 valence electrons. The third-order valence-corrected chi connectivity index (χ3v) is 1.72. The first-order valence-corrected chi connectivity index (χ1v) is 4.31. The fraction of sp³-hybridized carbons (Fsp3) is 0.286. The number of aromatic amines is 1. The molecule has 10 nitrogen and oxygen atoms in total. The maximum absolute atomic E-state index is 11.7. The molecule has 1 heterocycles. The normalized spacial score (nSPS) is 9.88. The number of carboxylic acids is 2. The number of nitrogens with one attached hydrogen (secondary N) is 1. The van der Waals surface area contributed by atoms with Crippen LogP contribution in [0, 0.1) is 0 Å². The van der Waals surface area contributed by atoms with E-state index in [1.54, 1.807) is 0 Å². The van der Waals surface area contributed by atoms with Gasteiger partial charge in [0.05, 0.1) is 0 Å². The zero-order valence-corrected chi connectivity index (χ0v) is 8.45. The molecule has 0 aromatic carbocycles. The Balaban J connectivity index is 2.90. The lowest BCUT2D eigenvalue weighted by Gasteiger charge is -2.16. The summed E-state index contributed by atoms with van der Waals surface area (Å²) in [4.78, 5) is 33.3. The third kappa shape index (κ3) is 3.15. The third-order valence-electron chi connectivity index (χ3n) is 1.72. The lowest BCUT2D eigenvalue weighted by atomic mass is 10.3. The van der Waals surface area contributed by atoms with Gasteiger partial charge in [0.25, 0.3) is 5.91 Å². The van der Waals surface area contributed by atoms with Crippen LogP contribution in [0.3, 0.4) is 0 Å². The van der Waals surface area contributed by atoms with E-state index in [9.17, 15) is 14.4 Å². The van der Waals surface area contributed by atoms with Crippen molar-refractivity contribution in [3.05, 3.63) is 5.69 Å². The number of carboxylic acid groups (broad SMARTS) is 2. The smallest absolute Gasteiger partial charge is 0.323 e. The molecule has 0 atom stereocenters. The van der Waals surface area contributed by atoms with Gasteiger partial charge in [0, 0.05) is 0 Å². The maximum atomic E-state index is 11.7. The van der Waals surface area contributed by atoms with Crippen molar-refractivity contribution in [2.45, 2.75) is 0 Å². The molecule has 1 aromatic rings. The standard InChI is InChI=1S/C7H9N5O5/c8-6-5(9-11-10-6)7(17)12(1-3(13)14)2-4(15)16/h1-2H2,(H,13,14)(H,15,16)(H3,8,9,10,11). The van der Waals surface area contributed by atoms with Crippen LogP contribution in [0.1, 0.15) is 10.5 Å². The van der Waals surface area contributed by atoms with E-state index in [0.717, 1.165) is 0 Å². The second-order valence-corrected chi connectivity index (χ2v) is 3.01. The van der Waals surface area contributed by atoms with Gasteiger partial charge in [0.2, 0.25) is 0 Å². The second-order valence-electron chi connectivity index (χ2n) is 3.01. The van der Waals surface area contributed by atoms with E-state index in [-0.39, 0.29) is 11.5 Å². The zero-order valence-electron chi connectivity index (χ0n) is 8.45. The van der Waals surface area contributed by atoms with Gasteiger partial charge >= 0.3 is 11.9 Å². The molecule has 17 heavy (non-hydrogen) atoms. The van der Waals surface area contributed by atoms with Gasteiger partial charge in [-0.05, 0) is 0 Å². The summed E-state index contributed by atoms with van der Waals surface area (Å²) >= 11 is 0. The van der Waals surface area contributed by atoms with Gasteiger partial charge in [-0.1, -0.05) is 0 Å². The molecule has 0 saturated heterocycles. The Morgan fingerprint density at radius 1 is 1.18 bits per heavy atom. The molecule has 0 spiro atoms. The summed E-state index contributed by atoms with van der Waals surface area (Å²) in [6, 6.07) is 0. The van der Waals surface area contributed by atoms with Gasteiger partial charge in [-0.3, -0.25) is 14.4 Å². The lowest BCUT2D eigenvalue weighted by Crippen LogP contribution is -2.39. The van der Waals surface area contributed by atoms with Crippen LogP contribution >= 0.6 is 0 Å². The number of carbonyl (C=O) groups excluding carboxylic acids is 1. The molecule has 1 amide bonds. The van der Waals surface area contributed by atoms with E-state index < -0.39 is 30.9 Å². The minimum atomic E-state index is -1.35. The number of anilines is 1. The molecule has 10 heteroatoms. The molecular formula is C7H9N5O5. The molecule has 5 N–H and O–H groups in total. The van der Waals surface area contributed by atoms with Gasteiger partial charge in [0.1, 0.15) is 13.1 Å². The number of nitrogens with two attached hydrogens (primary N) is 1. The predicted octanol–water partition coefficient (Wildman–Crippen LogP) is -2.00. The van der Waals surface area contributed by atoms with Gasteiger partial charge < -0.3 is 20.8 Å². The number of nitrogen functional groups attached to an aromatic ring is 1. The Morgan fingerprint density at radius 2 is 1.71 bits per heavy atom. The maximum Gasteiger partial charge on any atom is 0.323 e. The molecule has 0 unspecified atom stereocenters. The summed E-state index contributed by atoms with van der Waals surface area (Å²) in [7, 11) is 0. The summed E-state index contributed by atoms with van der Waals surface area (Å²) in [6.45, 7) is -1.53. The highest BCUT2D eigenvalue weighted by atomic mass is 16.4. The van der Waals surface area contributed by atoms with E-state index >= 15 is 0 Å². The number of hydrogen-bond donors (Lipinski definition) is 4. The summed E-state index contributed by atoms with van der Waals surface area (Å²) in [5.41, 5.74) is 4.98. The van der Waals surface area contributed by atoms with Crippen LogP contribution in [0.2, 0.25) is 0 Å². The molecule has 0 bridgehead atoms. The predicted molar refractivity (Wildman–Crippen MR) is 52.0 cm³/mol. The average molecular weight is 243 g/mol. The molecule has 1 aromatic heterocycles. The van der Waals surface area contributed by atoms with Crippen molar-refractivity contribution in [1.29, 1.82) is 0 Å². The summed E-state index contributed by atoms with van der Waals surface area (Å²) < 4.78 is 0. The van der Waals surface area contributed by atoms with Crippen molar-refractivity contribution in [2.75, 3.05) is 18.8 Å². The Hall–Kier alpha value is -2.65. The minimum absolute atomic E-state index is 0.226. The van der Waals surface area contributed by atoms with Gasteiger partial charge in [0.15, 0.2) is 11.5 Å². The van der Waals surface area contributed by atoms with Crippen LogP contribution in [-0.4, -0.2) is 61.5 Å². The lowest BCUT2D eigenvalue weighted by molar-refractivity contribution is -0.140. The van der Waals surface area contributed by atoms with Crippen LogP contribution in [0.5, 0.6) is 0 Å². The van der Waals surface area contributed by atoms with Crippen molar-refractivity contribution < 1.29 is 24.6 Å². The average Bonchev–Trinajstić information content (AvgIpc) is 2.61. The van der Waals surface area contributed by atoms with E-state index in [0.29, 0.717) is 4.90 Å². The van der Waals surface area contributed by atoms with Gasteiger partial charge in [-0.15, -0.1) is 10.2 Å². The highest BCUT2D eigenvalue weighted by Crippen LogP contribution is 2.06. The van der Waals surface area contributed by atoms with Crippen molar-refractivity contribution >= 4 is 23.7 Å². The number of carbonyl (C=O) groups is 3.